The minimum Gasteiger partial charge on any atom is -0.255 e. The molecule has 4 nitrogen and oxygen atoms in total. The first kappa shape index (κ1) is 29.4. The van der Waals surface area contributed by atoms with E-state index in [0.717, 1.165) is 44.3 Å². The summed E-state index contributed by atoms with van der Waals surface area (Å²) < 4.78 is 2.40. The molecule has 238 valence electrons. The molecule has 0 aliphatic heterocycles. The molecule has 0 bridgehead atoms. The summed E-state index contributed by atoms with van der Waals surface area (Å²) in [6, 6.07) is 57.5. The fraction of sp³-hybridized carbons (Fsp3) is 0. The van der Waals surface area contributed by atoms with Crippen LogP contribution in [0.3, 0.4) is 0 Å². The van der Waals surface area contributed by atoms with Crippen LogP contribution >= 0.6 is 11.3 Å². The zero-order chi connectivity index (χ0) is 33.7. The van der Waals surface area contributed by atoms with Gasteiger partial charge in [0, 0.05) is 33.0 Å². The Bertz CT molecular complexity index is 2860. The second kappa shape index (κ2) is 12.1. The van der Waals surface area contributed by atoms with Crippen LogP contribution in [0.15, 0.2) is 170 Å². The molecule has 0 saturated carbocycles. The van der Waals surface area contributed by atoms with Crippen molar-refractivity contribution < 1.29 is 0 Å². The van der Waals surface area contributed by atoms with Crippen molar-refractivity contribution in [2.45, 2.75) is 0 Å². The van der Waals surface area contributed by atoms with E-state index in [2.05, 4.69) is 121 Å². The molecule has 5 heteroatoms. The van der Waals surface area contributed by atoms with E-state index in [1.807, 2.05) is 48.7 Å². The summed E-state index contributed by atoms with van der Waals surface area (Å²) in [5.74, 6) is 1.89. The quantitative estimate of drug-likeness (QED) is 0.171. The molecule has 0 radical (unpaired) electrons. The molecule has 10 aromatic rings. The van der Waals surface area contributed by atoms with Gasteiger partial charge >= 0.3 is 0 Å². The van der Waals surface area contributed by atoms with Crippen molar-refractivity contribution in [1.29, 1.82) is 0 Å². The summed E-state index contributed by atoms with van der Waals surface area (Å²) >= 11 is 1.77. The molecular weight excluding hydrogens is 641 g/mol. The van der Waals surface area contributed by atoms with Crippen molar-refractivity contribution in [3.8, 4) is 56.4 Å². The van der Waals surface area contributed by atoms with Crippen LogP contribution in [0.4, 0.5) is 0 Å². The van der Waals surface area contributed by atoms with E-state index in [4.69, 9.17) is 19.9 Å². The summed E-state index contributed by atoms with van der Waals surface area (Å²) in [5.41, 5.74) is 8.24. The maximum atomic E-state index is 5.20. The van der Waals surface area contributed by atoms with Gasteiger partial charge in [-0.25, -0.2) is 15.0 Å². The summed E-state index contributed by atoms with van der Waals surface area (Å²) in [7, 11) is 0. The Morgan fingerprint density at radius 1 is 0.353 bits per heavy atom. The molecule has 0 aliphatic carbocycles. The maximum Gasteiger partial charge on any atom is 0.164 e. The van der Waals surface area contributed by atoms with Crippen LogP contribution in [0.1, 0.15) is 0 Å². The van der Waals surface area contributed by atoms with Crippen LogP contribution in [0.5, 0.6) is 0 Å². The van der Waals surface area contributed by atoms with Gasteiger partial charge in [0.25, 0.3) is 0 Å². The highest BCUT2D eigenvalue weighted by atomic mass is 32.1. The van der Waals surface area contributed by atoms with Gasteiger partial charge in [0.1, 0.15) is 0 Å². The summed E-state index contributed by atoms with van der Waals surface area (Å²) in [6.07, 6.45) is 1.87. The molecule has 0 amide bonds. The van der Waals surface area contributed by atoms with Crippen LogP contribution in [-0.2, 0) is 0 Å². The van der Waals surface area contributed by atoms with Crippen molar-refractivity contribution in [3.05, 3.63) is 170 Å². The van der Waals surface area contributed by atoms with Gasteiger partial charge < -0.3 is 0 Å². The molecule has 0 N–H and O–H groups in total. The molecule has 10 rings (SSSR count). The number of pyridine rings is 1. The molecule has 0 atom stereocenters. The van der Waals surface area contributed by atoms with E-state index >= 15 is 0 Å². The standard InChI is InChI=1S/C46H28N4S/c1-3-12-29(13-4-1)44-48-45(30-14-5-2-6-15-30)50-46(49-44)39-27-33(38-26-31-16-7-8-17-34(31)36-18-9-10-19-37(36)38)21-23-35(39)32-22-24-41-40(28-32)43-42(51-41)20-11-25-47-43/h1-28H. The number of nitrogens with zero attached hydrogens (tertiary/aromatic N) is 4. The lowest BCUT2D eigenvalue weighted by Gasteiger charge is -2.16. The predicted molar refractivity (Wildman–Crippen MR) is 213 cm³/mol. The number of hydrogen-bond donors (Lipinski definition) is 0. The predicted octanol–water partition coefficient (Wildman–Crippen LogP) is 12.3. The monoisotopic (exact) mass is 668 g/mol. The SMILES string of the molecule is c1ccc(-c2nc(-c3ccccc3)nc(-c3cc(-c4cc5ccccc5c5ccccc45)ccc3-c3ccc4sc5cccnc5c4c3)n2)cc1. The lowest BCUT2D eigenvalue weighted by molar-refractivity contribution is 1.07. The number of fused-ring (bicyclic) bond motifs is 6. The maximum absolute atomic E-state index is 5.20. The highest BCUT2D eigenvalue weighted by Crippen LogP contribution is 2.42. The molecule has 0 spiro atoms. The van der Waals surface area contributed by atoms with E-state index in [9.17, 15) is 0 Å². The molecule has 51 heavy (non-hydrogen) atoms. The first-order chi connectivity index (χ1) is 25.3. The Morgan fingerprint density at radius 2 is 0.980 bits per heavy atom. The van der Waals surface area contributed by atoms with E-state index in [-0.39, 0.29) is 0 Å². The molecular formula is C46H28N4S. The normalized spacial score (nSPS) is 11.5. The summed E-state index contributed by atoms with van der Waals surface area (Å²) in [6.45, 7) is 0. The van der Waals surface area contributed by atoms with Crippen molar-refractivity contribution in [3.63, 3.8) is 0 Å². The van der Waals surface area contributed by atoms with Crippen molar-refractivity contribution >= 4 is 53.2 Å². The second-order valence-electron chi connectivity index (χ2n) is 12.7. The van der Waals surface area contributed by atoms with Crippen molar-refractivity contribution in [1.82, 2.24) is 19.9 Å². The third-order valence-corrected chi connectivity index (χ3v) is 10.7. The Morgan fingerprint density at radius 3 is 1.75 bits per heavy atom. The Balaban J connectivity index is 1.26. The molecule has 0 saturated heterocycles. The topological polar surface area (TPSA) is 51.6 Å². The van der Waals surface area contributed by atoms with Crippen molar-refractivity contribution in [2.75, 3.05) is 0 Å². The van der Waals surface area contributed by atoms with Gasteiger partial charge in [0.05, 0.1) is 10.2 Å². The van der Waals surface area contributed by atoms with Crippen LogP contribution in [-0.4, -0.2) is 19.9 Å². The van der Waals surface area contributed by atoms with E-state index in [1.165, 1.54) is 36.5 Å². The molecule has 3 aromatic heterocycles. The van der Waals surface area contributed by atoms with Crippen molar-refractivity contribution in [2.24, 2.45) is 0 Å². The molecule has 0 aliphatic rings. The van der Waals surface area contributed by atoms with Gasteiger partial charge in [-0.1, -0.05) is 127 Å². The number of benzene rings is 7. The van der Waals surface area contributed by atoms with Gasteiger partial charge in [0.15, 0.2) is 17.5 Å². The molecule has 3 heterocycles. The van der Waals surface area contributed by atoms with E-state index in [0.29, 0.717) is 17.5 Å². The summed E-state index contributed by atoms with van der Waals surface area (Å²) in [5, 5.41) is 6.04. The Labute approximate surface area is 298 Å². The van der Waals surface area contributed by atoms with Gasteiger partial charge in [-0.2, -0.15) is 0 Å². The zero-order valence-electron chi connectivity index (χ0n) is 27.4. The first-order valence-electron chi connectivity index (χ1n) is 17.0. The van der Waals surface area contributed by atoms with Gasteiger partial charge in [-0.15, -0.1) is 11.3 Å². The third kappa shape index (κ3) is 5.14. The van der Waals surface area contributed by atoms with Crippen LogP contribution in [0.2, 0.25) is 0 Å². The van der Waals surface area contributed by atoms with E-state index in [1.54, 1.807) is 11.3 Å². The number of rotatable bonds is 5. The average Bonchev–Trinajstić information content (AvgIpc) is 3.59. The number of thiophene rings is 1. The van der Waals surface area contributed by atoms with Gasteiger partial charge in [-0.3, -0.25) is 4.98 Å². The number of hydrogen-bond acceptors (Lipinski definition) is 5. The Hall–Kier alpha value is -6.56. The molecule has 7 aromatic carbocycles. The lowest BCUT2D eigenvalue weighted by Crippen LogP contribution is -2.01. The van der Waals surface area contributed by atoms with Crippen LogP contribution < -0.4 is 0 Å². The Kier molecular flexibility index (Phi) is 6.96. The number of aromatic nitrogens is 4. The van der Waals surface area contributed by atoms with Gasteiger partial charge in [-0.05, 0) is 80.2 Å². The zero-order valence-corrected chi connectivity index (χ0v) is 28.2. The highest BCUT2D eigenvalue weighted by Gasteiger charge is 2.19. The molecule has 0 unspecified atom stereocenters. The fourth-order valence-electron chi connectivity index (χ4n) is 7.14. The minimum absolute atomic E-state index is 0.623. The van der Waals surface area contributed by atoms with Crippen LogP contribution in [0, 0.1) is 0 Å². The lowest BCUT2D eigenvalue weighted by atomic mass is 9.90. The van der Waals surface area contributed by atoms with Gasteiger partial charge in [0.2, 0.25) is 0 Å². The fourth-order valence-corrected chi connectivity index (χ4v) is 8.18. The third-order valence-electron chi connectivity index (χ3n) is 9.58. The summed E-state index contributed by atoms with van der Waals surface area (Å²) in [4.78, 5) is 20.2. The van der Waals surface area contributed by atoms with Crippen LogP contribution in [0.25, 0.3) is 98.3 Å². The van der Waals surface area contributed by atoms with E-state index < -0.39 is 0 Å². The highest BCUT2D eigenvalue weighted by molar-refractivity contribution is 7.25. The second-order valence-corrected chi connectivity index (χ2v) is 13.7. The molecule has 0 fully saturated rings. The largest absolute Gasteiger partial charge is 0.255 e. The first-order valence-corrected chi connectivity index (χ1v) is 17.8. The average molecular weight is 669 g/mol. The smallest absolute Gasteiger partial charge is 0.164 e. The minimum atomic E-state index is 0.623.